The van der Waals surface area contributed by atoms with E-state index in [0.717, 1.165) is 0 Å². The van der Waals surface area contributed by atoms with Crippen molar-refractivity contribution in [3.63, 3.8) is 0 Å². The summed E-state index contributed by atoms with van der Waals surface area (Å²) < 4.78 is 0. The Bertz CT molecular complexity index is 134. The van der Waals surface area contributed by atoms with Gasteiger partial charge in [0.1, 0.15) is 0 Å². The van der Waals surface area contributed by atoms with E-state index in [9.17, 15) is 9.59 Å². The summed E-state index contributed by atoms with van der Waals surface area (Å²) in [6.07, 6.45) is 0.0548. The molecular formula is C6H12ClNO4. The minimum Gasteiger partial charge on any atom is -0.481 e. The summed E-state index contributed by atoms with van der Waals surface area (Å²) >= 11 is 0. The quantitative estimate of drug-likeness (QED) is 0.520. The van der Waals surface area contributed by atoms with Crippen LogP contribution in [-0.2, 0) is 9.59 Å². The van der Waals surface area contributed by atoms with Crippen molar-refractivity contribution >= 4 is 24.3 Å². The number of hydrogen-bond donors (Lipinski definition) is 3. The summed E-state index contributed by atoms with van der Waals surface area (Å²) in [6.45, 7) is 0.644. The number of carboxylic acids is 2. The summed E-state index contributed by atoms with van der Waals surface area (Å²) in [6, 6.07) is 0. The molecule has 0 rings (SSSR count). The second kappa shape index (κ2) is 8.29. The van der Waals surface area contributed by atoms with Crippen molar-refractivity contribution in [2.45, 2.75) is 12.8 Å². The van der Waals surface area contributed by atoms with E-state index < -0.39 is 11.9 Å². The van der Waals surface area contributed by atoms with E-state index in [1.165, 1.54) is 0 Å². The molecule has 5 nitrogen and oxygen atoms in total. The average molecular weight is 198 g/mol. The Morgan fingerprint density at radius 1 is 1.00 bits per heavy atom. The molecule has 0 bridgehead atoms. The van der Waals surface area contributed by atoms with Crippen LogP contribution in [0.2, 0.25) is 0 Å². The molecule has 0 amide bonds. The lowest BCUT2D eigenvalue weighted by Crippen LogP contribution is -2.21. The van der Waals surface area contributed by atoms with Crippen LogP contribution >= 0.6 is 12.4 Å². The van der Waals surface area contributed by atoms with Crippen LogP contribution < -0.4 is 5.32 Å². The highest BCUT2D eigenvalue weighted by atomic mass is 35.5. The molecule has 0 aromatic carbocycles. The molecule has 0 atom stereocenters. The molecule has 0 unspecified atom stereocenters. The normalized spacial score (nSPS) is 8.67. The van der Waals surface area contributed by atoms with Crippen molar-refractivity contribution in [1.29, 1.82) is 0 Å². The molecule has 0 radical (unpaired) electrons. The molecule has 0 aliphatic rings. The van der Waals surface area contributed by atoms with Crippen LogP contribution in [0, 0.1) is 0 Å². The lowest BCUT2D eigenvalue weighted by atomic mass is 10.4. The molecule has 0 aromatic rings. The van der Waals surface area contributed by atoms with Crippen molar-refractivity contribution in [2.24, 2.45) is 0 Å². The van der Waals surface area contributed by atoms with E-state index in [4.69, 9.17) is 10.2 Å². The Labute approximate surface area is 76.2 Å². The van der Waals surface area contributed by atoms with Gasteiger partial charge in [0.05, 0.1) is 12.8 Å². The van der Waals surface area contributed by atoms with Gasteiger partial charge in [0.15, 0.2) is 0 Å². The molecule has 72 valence electrons. The Kier molecular flexibility index (Phi) is 9.50. The fourth-order valence-corrected chi connectivity index (χ4v) is 0.516. The average Bonchev–Trinajstić information content (AvgIpc) is 1.85. The van der Waals surface area contributed by atoms with Crippen LogP contribution in [0.3, 0.4) is 0 Å². The van der Waals surface area contributed by atoms with E-state index in [1.54, 1.807) is 0 Å². The molecule has 0 saturated carbocycles. The number of hydrogen-bond acceptors (Lipinski definition) is 3. The molecule has 0 aliphatic carbocycles. The highest BCUT2D eigenvalue weighted by Gasteiger charge is 1.97. The van der Waals surface area contributed by atoms with Crippen molar-refractivity contribution in [3.05, 3.63) is 0 Å². The van der Waals surface area contributed by atoms with Crippen molar-refractivity contribution < 1.29 is 19.8 Å². The minimum absolute atomic E-state index is 0. The zero-order valence-electron chi connectivity index (χ0n) is 6.45. The predicted molar refractivity (Wildman–Crippen MR) is 44.6 cm³/mol. The lowest BCUT2D eigenvalue weighted by Gasteiger charge is -1.98. The topological polar surface area (TPSA) is 86.6 Å². The fraction of sp³-hybridized carbons (Fsp3) is 0.667. The highest BCUT2D eigenvalue weighted by Crippen LogP contribution is 1.78. The molecule has 0 aliphatic heterocycles. The molecule has 12 heavy (non-hydrogen) atoms. The molecule has 3 N–H and O–H groups in total. The molecule has 0 fully saturated rings. The van der Waals surface area contributed by atoms with Crippen LogP contribution in [0.5, 0.6) is 0 Å². The summed E-state index contributed by atoms with van der Waals surface area (Å²) in [7, 11) is 0. The van der Waals surface area contributed by atoms with Gasteiger partial charge in [0.25, 0.3) is 0 Å². The van der Waals surface area contributed by atoms with Gasteiger partial charge in [-0.15, -0.1) is 12.4 Å². The maximum atomic E-state index is 9.94. The molecule has 0 heterocycles. The number of halogens is 1. The number of carbonyl (C=O) groups is 2. The molecule has 0 aromatic heterocycles. The molecule has 0 spiro atoms. The predicted octanol–water partition coefficient (Wildman–Crippen LogP) is -0.0528. The zero-order chi connectivity index (χ0) is 8.69. The SMILES string of the molecule is Cl.O=C(O)CCNCCC(=O)O. The summed E-state index contributed by atoms with van der Waals surface area (Å²) in [4.78, 5) is 19.9. The minimum atomic E-state index is -0.882. The summed E-state index contributed by atoms with van der Waals surface area (Å²) in [5.74, 6) is -1.76. The summed E-state index contributed by atoms with van der Waals surface area (Å²) in [5.41, 5.74) is 0. The van der Waals surface area contributed by atoms with Gasteiger partial charge in [-0.2, -0.15) is 0 Å². The molecular weight excluding hydrogens is 186 g/mol. The number of aliphatic carboxylic acids is 2. The first kappa shape index (κ1) is 13.8. The largest absolute Gasteiger partial charge is 0.481 e. The van der Waals surface area contributed by atoms with Gasteiger partial charge in [0.2, 0.25) is 0 Å². The number of nitrogens with one attached hydrogen (secondary N) is 1. The van der Waals surface area contributed by atoms with E-state index in [0.29, 0.717) is 13.1 Å². The first-order valence-corrected chi connectivity index (χ1v) is 3.27. The molecule has 6 heteroatoms. The van der Waals surface area contributed by atoms with Gasteiger partial charge in [-0.05, 0) is 0 Å². The van der Waals surface area contributed by atoms with Gasteiger partial charge in [0, 0.05) is 13.1 Å². The standard InChI is InChI=1S/C6H11NO4.ClH/c8-5(9)1-3-7-4-2-6(10)11;/h7H,1-4H2,(H,8,9)(H,10,11);1H. The van der Waals surface area contributed by atoms with Crippen molar-refractivity contribution in [1.82, 2.24) is 5.32 Å². The Morgan fingerprint density at radius 2 is 1.33 bits per heavy atom. The first-order chi connectivity index (χ1) is 5.13. The second-order valence-corrected chi connectivity index (χ2v) is 2.04. The monoisotopic (exact) mass is 197 g/mol. The van der Waals surface area contributed by atoms with Crippen LogP contribution in [0.4, 0.5) is 0 Å². The van der Waals surface area contributed by atoms with Crippen LogP contribution in [-0.4, -0.2) is 35.2 Å². The van der Waals surface area contributed by atoms with Gasteiger partial charge >= 0.3 is 11.9 Å². The van der Waals surface area contributed by atoms with E-state index in [1.807, 2.05) is 0 Å². The smallest absolute Gasteiger partial charge is 0.304 e. The third kappa shape index (κ3) is 11.9. The van der Waals surface area contributed by atoms with Crippen LogP contribution in [0.25, 0.3) is 0 Å². The Hall–Kier alpha value is -0.810. The first-order valence-electron chi connectivity index (χ1n) is 3.27. The maximum Gasteiger partial charge on any atom is 0.304 e. The third-order valence-corrected chi connectivity index (χ3v) is 1.03. The van der Waals surface area contributed by atoms with Crippen molar-refractivity contribution in [3.8, 4) is 0 Å². The van der Waals surface area contributed by atoms with Gasteiger partial charge < -0.3 is 15.5 Å². The van der Waals surface area contributed by atoms with Crippen LogP contribution in [0.15, 0.2) is 0 Å². The Morgan fingerprint density at radius 3 is 1.58 bits per heavy atom. The molecule has 0 saturated heterocycles. The van der Waals surface area contributed by atoms with E-state index in [2.05, 4.69) is 5.32 Å². The Balaban J connectivity index is 0. The highest BCUT2D eigenvalue weighted by molar-refractivity contribution is 5.85. The third-order valence-electron chi connectivity index (χ3n) is 1.03. The van der Waals surface area contributed by atoms with Crippen LogP contribution in [0.1, 0.15) is 12.8 Å². The van der Waals surface area contributed by atoms with E-state index >= 15 is 0 Å². The second-order valence-electron chi connectivity index (χ2n) is 2.04. The van der Waals surface area contributed by atoms with Crippen molar-refractivity contribution in [2.75, 3.05) is 13.1 Å². The van der Waals surface area contributed by atoms with Gasteiger partial charge in [-0.3, -0.25) is 9.59 Å². The lowest BCUT2D eigenvalue weighted by molar-refractivity contribution is -0.137. The number of rotatable bonds is 6. The number of carboxylic acid groups (broad SMARTS) is 2. The van der Waals surface area contributed by atoms with E-state index in [-0.39, 0.29) is 25.2 Å². The maximum absolute atomic E-state index is 9.94. The van der Waals surface area contributed by atoms with Gasteiger partial charge in [-0.25, -0.2) is 0 Å². The zero-order valence-corrected chi connectivity index (χ0v) is 7.26. The van der Waals surface area contributed by atoms with Gasteiger partial charge in [-0.1, -0.05) is 0 Å². The summed E-state index contributed by atoms with van der Waals surface area (Å²) in [5, 5.41) is 19.0. The fourth-order valence-electron chi connectivity index (χ4n) is 0.516.